The van der Waals surface area contributed by atoms with Crippen molar-refractivity contribution in [1.82, 2.24) is 4.90 Å². The van der Waals surface area contributed by atoms with Gasteiger partial charge in [0, 0.05) is 6.04 Å². The third-order valence-electron chi connectivity index (χ3n) is 2.71. The Hall–Kier alpha value is -0.610. The molecular formula is C12H23NO3. The number of likely N-dealkylation sites (tertiary alicyclic amines) is 1. The number of aliphatic hydroxyl groups excluding tert-OH is 1. The van der Waals surface area contributed by atoms with E-state index in [9.17, 15) is 9.90 Å². The molecule has 4 nitrogen and oxygen atoms in total. The standard InChI is InChI=1S/C12H23NO3/c1-12(2,3)16-11(15)8-13-7-5-4-6-10(13)9-14/h10,14H,4-9H2,1-3H3/t10-/m1/s1. The second-order valence-electron chi connectivity index (χ2n) is 5.39. The number of piperidine rings is 1. The molecule has 0 unspecified atom stereocenters. The van der Waals surface area contributed by atoms with Crippen molar-refractivity contribution in [2.75, 3.05) is 19.7 Å². The summed E-state index contributed by atoms with van der Waals surface area (Å²) in [5.41, 5.74) is -0.429. The van der Waals surface area contributed by atoms with E-state index in [1.54, 1.807) is 0 Å². The fraction of sp³-hybridized carbons (Fsp3) is 0.917. The Balaban J connectivity index is 2.42. The highest BCUT2D eigenvalue weighted by Gasteiger charge is 2.25. The van der Waals surface area contributed by atoms with E-state index in [4.69, 9.17) is 4.74 Å². The van der Waals surface area contributed by atoms with Crippen molar-refractivity contribution < 1.29 is 14.6 Å². The fourth-order valence-corrected chi connectivity index (χ4v) is 2.01. The van der Waals surface area contributed by atoms with Crippen molar-refractivity contribution in [1.29, 1.82) is 0 Å². The first-order valence-corrected chi connectivity index (χ1v) is 5.99. The van der Waals surface area contributed by atoms with E-state index in [0.29, 0.717) is 6.54 Å². The van der Waals surface area contributed by atoms with Gasteiger partial charge in [0.2, 0.25) is 0 Å². The number of carbonyl (C=O) groups is 1. The zero-order valence-electron chi connectivity index (χ0n) is 10.5. The summed E-state index contributed by atoms with van der Waals surface area (Å²) in [7, 11) is 0. The number of carbonyl (C=O) groups excluding carboxylic acids is 1. The molecule has 0 aromatic heterocycles. The molecule has 0 spiro atoms. The molecule has 0 amide bonds. The van der Waals surface area contributed by atoms with E-state index in [-0.39, 0.29) is 18.6 Å². The number of ether oxygens (including phenoxy) is 1. The summed E-state index contributed by atoms with van der Waals surface area (Å²) < 4.78 is 5.27. The summed E-state index contributed by atoms with van der Waals surface area (Å²) >= 11 is 0. The van der Waals surface area contributed by atoms with Crippen molar-refractivity contribution in [3.63, 3.8) is 0 Å². The summed E-state index contributed by atoms with van der Waals surface area (Å²) in [6.45, 7) is 6.90. The Morgan fingerprint density at radius 2 is 2.12 bits per heavy atom. The quantitative estimate of drug-likeness (QED) is 0.738. The lowest BCUT2D eigenvalue weighted by atomic mass is 10.0. The average Bonchev–Trinajstić information content (AvgIpc) is 2.15. The van der Waals surface area contributed by atoms with Gasteiger partial charge < -0.3 is 9.84 Å². The molecule has 0 bridgehead atoms. The van der Waals surface area contributed by atoms with Gasteiger partial charge >= 0.3 is 5.97 Å². The van der Waals surface area contributed by atoms with E-state index < -0.39 is 5.60 Å². The van der Waals surface area contributed by atoms with Gasteiger partial charge in [-0.1, -0.05) is 6.42 Å². The van der Waals surface area contributed by atoms with E-state index in [1.165, 1.54) is 0 Å². The van der Waals surface area contributed by atoms with Crippen molar-refractivity contribution >= 4 is 5.97 Å². The molecule has 0 aliphatic carbocycles. The predicted octanol–water partition coefficient (Wildman–Crippen LogP) is 1.17. The van der Waals surface area contributed by atoms with Crippen LogP contribution in [0.2, 0.25) is 0 Å². The van der Waals surface area contributed by atoms with Crippen molar-refractivity contribution in [3.05, 3.63) is 0 Å². The van der Waals surface area contributed by atoms with Gasteiger partial charge in [0.25, 0.3) is 0 Å². The van der Waals surface area contributed by atoms with Gasteiger partial charge in [-0.05, 0) is 40.2 Å². The van der Waals surface area contributed by atoms with Crippen LogP contribution in [-0.2, 0) is 9.53 Å². The average molecular weight is 229 g/mol. The first-order chi connectivity index (χ1) is 7.42. The maximum atomic E-state index is 11.6. The topological polar surface area (TPSA) is 49.8 Å². The van der Waals surface area contributed by atoms with Crippen LogP contribution in [0.15, 0.2) is 0 Å². The highest BCUT2D eigenvalue weighted by atomic mass is 16.6. The van der Waals surface area contributed by atoms with Crippen LogP contribution in [0.3, 0.4) is 0 Å². The van der Waals surface area contributed by atoms with Crippen LogP contribution in [0.4, 0.5) is 0 Å². The summed E-state index contributed by atoms with van der Waals surface area (Å²) in [6.07, 6.45) is 3.20. The van der Waals surface area contributed by atoms with Crippen LogP contribution in [0.1, 0.15) is 40.0 Å². The van der Waals surface area contributed by atoms with Crippen molar-refractivity contribution in [2.24, 2.45) is 0 Å². The maximum absolute atomic E-state index is 11.6. The molecule has 1 fully saturated rings. The highest BCUT2D eigenvalue weighted by molar-refractivity contribution is 5.72. The minimum Gasteiger partial charge on any atom is -0.459 e. The Morgan fingerprint density at radius 1 is 1.44 bits per heavy atom. The van der Waals surface area contributed by atoms with Crippen molar-refractivity contribution in [3.8, 4) is 0 Å². The van der Waals surface area contributed by atoms with Gasteiger partial charge in [0.05, 0.1) is 13.2 Å². The van der Waals surface area contributed by atoms with E-state index >= 15 is 0 Å². The lowest BCUT2D eigenvalue weighted by molar-refractivity contribution is -0.157. The summed E-state index contributed by atoms with van der Waals surface area (Å²) in [5, 5.41) is 9.21. The third-order valence-corrected chi connectivity index (χ3v) is 2.71. The summed E-state index contributed by atoms with van der Waals surface area (Å²) in [6, 6.07) is 0.126. The molecule has 0 aromatic rings. The zero-order chi connectivity index (χ0) is 12.2. The smallest absolute Gasteiger partial charge is 0.320 e. The maximum Gasteiger partial charge on any atom is 0.320 e. The van der Waals surface area contributed by atoms with Crippen molar-refractivity contribution in [2.45, 2.75) is 51.7 Å². The van der Waals surface area contributed by atoms with Crippen LogP contribution in [-0.4, -0.2) is 47.3 Å². The minimum atomic E-state index is -0.429. The van der Waals surface area contributed by atoms with E-state index in [2.05, 4.69) is 0 Å². The molecule has 1 rings (SSSR count). The largest absolute Gasteiger partial charge is 0.459 e. The molecule has 0 saturated carbocycles. The van der Waals surface area contributed by atoms with Gasteiger partial charge in [-0.15, -0.1) is 0 Å². The molecule has 0 aromatic carbocycles. The molecule has 0 radical (unpaired) electrons. The fourth-order valence-electron chi connectivity index (χ4n) is 2.01. The second-order valence-corrected chi connectivity index (χ2v) is 5.39. The molecule has 1 N–H and O–H groups in total. The van der Waals surface area contributed by atoms with Crippen LogP contribution in [0, 0.1) is 0 Å². The number of rotatable bonds is 3. The van der Waals surface area contributed by atoms with Gasteiger partial charge in [-0.3, -0.25) is 9.69 Å². The third kappa shape index (κ3) is 4.49. The number of aliphatic hydroxyl groups is 1. The molecule has 4 heteroatoms. The van der Waals surface area contributed by atoms with Gasteiger partial charge in [0.1, 0.15) is 5.60 Å². The van der Waals surface area contributed by atoms with Crippen LogP contribution in [0.5, 0.6) is 0 Å². The summed E-state index contributed by atoms with van der Waals surface area (Å²) in [4.78, 5) is 13.7. The second kappa shape index (κ2) is 5.64. The Labute approximate surface area is 97.6 Å². The molecule has 1 atom stereocenters. The monoisotopic (exact) mass is 229 g/mol. The predicted molar refractivity (Wildman–Crippen MR) is 62.1 cm³/mol. The van der Waals surface area contributed by atoms with Crippen LogP contribution in [0.25, 0.3) is 0 Å². The molecule has 1 aliphatic heterocycles. The first kappa shape index (κ1) is 13.5. The molecule has 16 heavy (non-hydrogen) atoms. The Morgan fingerprint density at radius 3 is 2.69 bits per heavy atom. The summed E-state index contributed by atoms with van der Waals surface area (Å²) in [5.74, 6) is -0.201. The van der Waals surface area contributed by atoms with E-state index in [0.717, 1.165) is 25.8 Å². The molecular weight excluding hydrogens is 206 g/mol. The highest BCUT2D eigenvalue weighted by Crippen LogP contribution is 2.17. The lowest BCUT2D eigenvalue weighted by Crippen LogP contribution is -2.45. The first-order valence-electron chi connectivity index (χ1n) is 5.99. The van der Waals surface area contributed by atoms with Crippen LogP contribution < -0.4 is 0 Å². The number of nitrogens with zero attached hydrogens (tertiary/aromatic N) is 1. The normalized spacial score (nSPS) is 23.1. The lowest BCUT2D eigenvalue weighted by Gasteiger charge is -2.34. The molecule has 1 heterocycles. The molecule has 1 saturated heterocycles. The number of hydrogen-bond acceptors (Lipinski definition) is 4. The van der Waals surface area contributed by atoms with E-state index in [1.807, 2.05) is 25.7 Å². The molecule has 94 valence electrons. The molecule has 1 aliphatic rings. The van der Waals surface area contributed by atoms with Gasteiger partial charge in [0.15, 0.2) is 0 Å². The SMILES string of the molecule is CC(C)(C)OC(=O)CN1CCCC[C@@H]1CO. The zero-order valence-corrected chi connectivity index (χ0v) is 10.5. The Bertz CT molecular complexity index is 235. The van der Waals surface area contributed by atoms with Crippen LogP contribution >= 0.6 is 0 Å². The number of esters is 1. The Kier molecular flexibility index (Phi) is 4.74. The minimum absolute atomic E-state index is 0.126. The number of hydrogen-bond donors (Lipinski definition) is 1. The van der Waals surface area contributed by atoms with Gasteiger partial charge in [-0.2, -0.15) is 0 Å². The van der Waals surface area contributed by atoms with Gasteiger partial charge in [-0.25, -0.2) is 0 Å².